The fourth-order valence-corrected chi connectivity index (χ4v) is 5.78. The Labute approximate surface area is 233 Å². The van der Waals surface area contributed by atoms with Gasteiger partial charge in [-0.2, -0.15) is 0 Å². The Morgan fingerprint density at radius 3 is 2.28 bits per heavy atom. The Morgan fingerprint density at radius 2 is 1.64 bits per heavy atom. The summed E-state index contributed by atoms with van der Waals surface area (Å²) < 4.78 is 16.1. The van der Waals surface area contributed by atoms with Crippen LogP contribution in [-0.2, 0) is 6.61 Å². The van der Waals surface area contributed by atoms with E-state index >= 15 is 4.39 Å². The van der Waals surface area contributed by atoms with E-state index < -0.39 is 11.7 Å². The molecule has 0 unspecified atom stereocenters. The second-order valence-corrected chi connectivity index (χ2v) is 10.8. The summed E-state index contributed by atoms with van der Waals surface area (Å²) in [4.78, 5) is 25.9. The summed E-state index contributed by atoms with van der Waals surface area (Å²) >= 11 is 2.50. The van der Waals surface area contributed by atoms with Crippen molar-refractivity contribution in [3.05, 3.63) is 126 Å². The topological polar surface area (TPSA) is 100 Å². The van der Waals surface area contributed by atoms with E-state index in [2.05, 4.69) is 25.6 Å². The molecule has 196 valence electrons. The highest BCUT2D eigenvalue weighted by atomic mass is 32.2. The lowest BCUT2D eigenvalue weighted by molar-refractivity contribution is 0.0942. The number of thiazole rings is 1. The minimum absolute atomic E-state index is 0.0799. The van der Waals surface area contributed by atoms with Crippen LogP contribution in [0.4, 0.5) is 15.3 Å². The molecule has 0 radical (unpaired) electrons. The summed E-state index contributed by atoms with van der Waals surface area (Å²) in [5, 5.41) is 15.7. The molecule has 0 saturated heterocycles. The molecule has 5 rings (SSSR count). The van der Waals surface area contributed by atoms with Crippen LogP contribution in [0.5, 0.6) is 0 Å². The Hall–Kier alpha value is -4.12. The largest absolute Gasteiger partial charge is 0.392 e. The lowest BCUT2D eigenvalue weighted by atomic mass is 9.91. The highest BCUT2D eigenvalue weighted by Crippen LogP contribution is 2.36. The van der Waals surface area contributed by atoms with E-state index in [-0.39, 0.29) is 23.1 Å². The monoisotopic (exact) mass is 557 g/mol. The Kier molecular flexibility index (Phi) is 8.57. The van der Waals surface area contributed by atoms with Gasteiger partial charge in [0.25, 0.3) is 5.91 Å². The first-order valence-corrected chi connectivity index (χ1v) is 13.7. The van der Waals surface area contributed by atoms with Gasteiger partial charge in [-0.3, -0.25) is 4.79 Å². The van der Waals surface area contributed by atoms with Gasteiger partial charge in [-0.05, 0) is 28.8 Å². The second kappa shape index (κ2) is 12.6. The normalized spacial score (nSPS) is 10.9. The molecule has 3 heterocycles. The summed E-state index contributed by atoms with van der Waals surface area (Å²) in [5.41, 5.74) is 2.56. The number of hydrogen-bond donors (Lipinski definition) is 3. The zero-order valence-corrected chi connectivity index (χ0v) is 22.3. The lowest BCUT2D eigenvalue weighted by Gasteiger charge is -2.19. The zero-order chi connectivity index (χ0) is 27.0. The fourth-order valence-electron chi connectivity index (χ4n) is 3.91. The van der Waals surface area contributed by atoms with Gasteiger partial charge in [0.1, 0.15) is 5.82 Å². The van der Waals surface area contributed by atoms with Crippen molar-refractivity contribution in [2.45, 2.75) is 21.6 Å². The predicted octanol–water partition coefficient (Wildman–Crippen LogP) is 6.02. The maximum absolute atomic E-state index is 15.4. The number of aromatic nitrogens is 3. The number of anilines is 2. The number of benzene rings is 2. The van der Waals surface area contributed by atoms with Crippen LogP contribution < -0.4 is 10.6 Å². The minimum Gasteiger partial charge on any atom is -0.392 e. The molecule has 0 spiro atoms. The van der Waals surface area contributed by atoms with Crippen molar-refractivity contribution in [1.82, 2.24) is 20.3 Å². The molecule has 0 saturated carbocycles. The number of carbonyl (C=O) groups is 1. The van der Waals surface area contributed by atoms with E-state index in [0.29, 0.717) is 23.1 Å². The Balaban J connectivity index is 1.27. The zero-order valence-electron chi connectivity index (χ0n) is 20.6. The number of aliphatic hydroxyl groups is 1. The van der Waals surface area contributed by atoms with Crippen LogP contribution >= 0.6 is 23.1 Å². The molecule has 3 aromatic heterocycles. The van der Waals surface area contributed by atoms with Gasteiger partial charge in [0.15, 0.2) is 16.6 Å². The van der Waals surface area contributed by atoms with Gasteiger partial charge in [-0.1, -0.05) is 89.8 Å². The van der Waals surface area contributed by atoms with Gasteiger partial charge < -0.3 is 15.7 Å². The van der Waals surface area contributed by atoms with Crippen molar-refractivity contribution in [2.24, 2.45) is 0 Å². The van der Waals surface area contributed by atoms with E-state index in [1.54, 1.807) is 24.5 Å². The van der Waals surface area contributed by atoms with Gasteiger partial charge in [-0.15, -0.1) is 0 Å². The predicted molar refractivity (Wildman–Crippen MR) is 151 cm³/mol. The van der Waals surface area contributed by atoms with Crippen LogP contribution in [0.25, 0.3) is 0 Å². The van der Waals surface area contributed by atoms with Gasteiger partial charge in [0.2, 0.25) is 0 Å². The quantitative estimate of drug-likeness (QED) is 0.193. The van der Waals surface area contributed by atoms with E-state index in [4.69, 9.17) is 5.11 Å². The number of amides is 1. The molecule has 0 atom stereocenters. The van der Waals surface area contributed by atoms with E-state index in [1.165, 1.54) is 35.4 Å². The Morgan fingerprint density at radius 1 is 0.923 bits per heavy atom. The highest BCUT2D eigenvalue weighted by molar-refractivity contribution is 8.01. The van der Waals surface area contributed by atoms with Crippen LogP contribution in [0.15, 0.2) is 107 Å². The number of halogens is 1. The molecule has 7 nitrogen and oxygen atoms in total. The van der Waals surface area contributed by atoms with Crippen molar-refractivity contribution in [2.75, 3.05) is 11.9 Å². The maximum Gasteiger partial charge on any atom is 0.273 e. The standard InChI is InChI=1S/C29H24FN5O2S2/c30-26-23(38-25-17-34-29(39-25)35-24-12-11-19(18-36)15-32-24)13-14-31-27(26)28(37)33-16-22(20-7-3-1-4-8-20)21-9-5-2-6-10-21/h1-15,17,22,36H,16,18H2,(H,33,37)(H,32,34,35). The molecule has 0 aliphatic heterocycles. The molecular weight excluding hydrogens is 533 g/mol. The summed E-state index contributed by atoms with van der Waals surface area (Å²) in [6.45, 7) is 0.214. The molecule has 1 amide bonds. The highest BCUT2D eigenvalue weighted by Gasteiger charge is 2.21. The molecule has 0 fully saturated rings. The Bertz CT molecular complexity index is 1490. The average Bonchev–Trinajstić information content (AvgIpc) is 3.42. The summed E-state index contributed by atoms with van der Waals surface area (Å²) in [7, 11) is 0. The van der Waals surface area contributed by atoms with Crippen LogP contribution in [0.3, 0.4) is 0 Å². The first-order chi connectivity index (χ1) is 19.1. The molecule has 39 heavy (non-hydrogen) atoms. The van der Waals surface area contributed by atoms with Crippen LogP contribution in [0.1, 0.15) is 33.1 Å². The lowest BCUT2D eigenvalue weighted by Crippen LogP contribution is -2.30. The molecule has 0 aliphatic carbocycles. The van der Waals surface area contributed by atoms with Crippen molar-refractivity contribution in [3.8, 4) is 0 Å². The van der Waals surface area contributed by atoms with Crippen molar-refractivity contribution >= 4 is 40.0 Å². The van der Waals surface area contributed by atoms with E-state index in [9.17, 15) is 4.79 Å². The average molecular weight is 558 g/mol. The van der Waals surface area contributed by atoms with Crippen molar-refractivity contribution in [1.29, 1.82) is 0 Å². The number of hydrogen-bond acceptors (Lipinski definition) is 8. The van der Waals surface area contributed by atoms with Gasteiger partial charge in [-0.25, -0.2) is 19.3 Å². The first-order valence-electron chi connectivity index (χ1n) is 12.1. The molecule has 0 aliphatic rings. The summed E-state index contributed by atoms with van der Waals surface area (Å²) in [6, 6.07) is 24.8. The van der Waals surface area contributed by atoms with Crippen LogP contribution in [-0.4, -0.2) is 32.5 Å². The third-order valence-electron chi connectivity index (χ3n) is 5.88. The van der Waals surface area contributed by atoms with Crippen molar-refractivity contribution in [3.63, 3.8) is 0 Å². The van der Waals surface area contributed by atoms with E-state index in [0.717, 1.165) is 15.3 Å². The number of rotatable bonds is 10. The maximum atomic E-state index is 15.4. The van der Waals surface area contributed by atoms with Gasteiger partial charge in [0.05, 0.1) is 21.9 Å². The van der Waals surface area contributed by atoms with Crippen molar-refractivity contribution < 1.29 is 14.3 Å². The fraction of sp³-hybridized carbons (Fsp3) is 0.103. The number of nitrogens with one attached hydrogen (secondary N) is 2. The van der Waals surface area contributed by atoms with Gasteiger partial charge in [0, 0.05) is 24.9 Å². The smallest absolute Gasteiger partial charge is 0.273 e. The molecule has 0 bridgehead atoms. The number of carbonyl (C=O) groups excluding carboxylic acids is 1. The van der Waals surface area contributed by atoms with Crippen LogP contribution in [0.2, 0.25) is 0 Å². The molecule has 5 aromatic rings. The number of aliphatic hydroxyl groups excluding tert-OH is 1. The molecule has 3 N–H and O–H groups in total. The minimum atomic E-state index is -0.680. The van der Waals surface area contributed by atoms with Gasteiger partial charge >= 0.3 is 0 Å². The first kappa shape index (κ1) is 26.5. The number of nitrogens with zero attached hydrogens (tertiary/aromatic N) is 3. The molecule has 2 aromatic carbocycles. The second-order valence-electron chi connectivity index (χ2n) is 8.48. The summed E-state index contributed by atoms with van der Waals surface area (Å²) in [5.74, 6) is -0.762. The van der Waals surface area contributed by atoms with E-state index in [1.807, 2.05) is 60.7 Å². The summed E-state index contributed by atoms with van der Waals surface area (Å²) in [6.07, 6.45) is 4.63. The van der Waals surface area contributed by atoms with Crippen LogP contribution in [0, 0.1) is 5.82 Å². The third-order valence-corrected chi connectivity index (χ3v) is 7.93. The molecular formula is C29H24FN5O2S2. The number of pyridine rings is 2. The SMILES string of the molecule is O=C(NCC(c1ccccc1)c1ccccc1)c1nccc(Sc2cnc(Nc3ccc(CO)cn3)s2)c1F. The molecule has 10 heteroatoms. The third kappa shape index (κ3) is 6.66.